The van der Waals surface area contributed by atoms with Crippen molar-refractivity contribution < 1.29 is 4.39 Å². The first-order valence-electron chi connectivity index (χ1n) is 5.06. The number of nitrogens with one attached hydrogen (secondary N) is 1. The summed E-state index contributed by atoms with van der Waals surface area (Å²) in [6, 6.07) is 6.67. The molecule has 17 heavy (non-hydrogen) atoms. The number of rotatable bonds is 2. The summed E-state index contributed by atoms with van der Waals surface area (Å²) in [6.45, 7) is 1.88. The highest BCUT2D eigenvalue weighted by Gasteiger charge is 2.08. The number of nitrogens with zero attached hydrogens (tertiary/aromatic N) is 1. The first kappa shape index (κ1) is 12.2. The van der Waals surface area contributed by atoms with E-state index in [-0.39, 0.29) is 5.02 Å². The van der Waals surface area contributed by atoms with Crippen molar-refractivity contribution in [3.05, 3.63) is 56.8 Å². The maximum atomic E-state index is 13.7. The van der Waals surface area contributed by atoms with Gasteiger partial charge in [0.15, 0.2) is 0 Å². The number of hydrogen-bond acceptors (Lipinski definition) is 2. The molecular formula is C12H10ClFN2S. The minimum atomic E-state index is -0.406. The van der Waals surface area contributed by atoms with E-state index in [0.717, 1.165) is 5.69 Å². The van der Waals surface area contributed by atoms with Crippen LogP contribution in [0.5, 0.6) is 0 Å². The molecule has 0 atom stereocenters. The first-order chi connectivity index (χ1) is 8.06. The molecule has 2 nitrogen and oxygen atoms in total. The van der Waals surface area contributed by atoms with E-state index in [1.807, 2.05) is 6.92 Å². The Hall–Kier alpha value is -1.26. The average molecular weight is 269 g/mol. The lowest BCUT2D eigenvalue weighted by atomic mass is 10.1. The summed E-state index contributed by atoms with van der Waals surface area (Å²) in [5.41, 5.74) is 1.41. The van der Waals surface area contributed by atoms with E-state index in [2.05, 4.69) is 9.97 Å². The summed E-state index contributed by atoms with van der Waals surface area (Å²) >= 11 is 10.7. The molecule has 0 aliphatic carbocycles. The van der Waals surface area contributed by atoms with Crippen molar-refractivity contribution in [1.29, 1.82) is 0 Å². The van der Waals surface area contributed by atoms with Crippen molar-refractivity contribution in [2.24, 2.45) is 0 Å². The van der Waals surface area contributed by atoms with E-state index in [1.54, 1.807) is 18.2 Å². The first-order valence-corrected chi connectivity index (χ1v) is 5.84. The Bertz CT molecular complexity index is 610. The molecule has 0 bridgehead atoms. The van der Waals surface area contributed by atoms with E-state index < -0.39 is 5.82 Å². The maximum Gasteiger partial charge on any atom is 0.145 e. The SMILES string of the molecule is Cc1cc(=S)nc(Cc2cccc(Cl)c2F)[nH]1. The lowest BCUT2D eigenvalue weighted by Gasteiger charge is -2.05. The van der Waals surface area contributed by atoms with Crippen molar-refractivity contribution in [3.8, 4) is 0 Å². The Morgan fingerprint density at radius 1 is 1.47 bits per heavy atom. The van der Waals surface area contributed by atoms with E-state index in [9.17, 15) is 4.39 Å². The van der Waals surface area contributed by atoms with Gasteiger partial charge < -0.3 is 4.98 Å². The normalized spacial score (nSPS) is 10.5. The minimum Gasteiger partial charge on any atom is -0.347 e. The largest absolute Gasteiger partial charge is 0.347 e. The van der Waals surface area contributed by atoms with E-state index in [0.29, 0.717) is 22.4 Å². The second kappa shape index (κ2) is 4.94. The van der Waals surface area contributed by atoms with Crippen LogP contribution in [0.2, 0.25) is 5.02 Å². The lowest BCUT2D eigenvalue weighted by molar-refractivity contribution is 0.612. The molecule has 1 aromatic carbocycles. The highest BCUT2D eigenvalue weighted by molar-refractivity contribution is 7.71. The van der Waals surface area contributed by atoms with Crippen molar-refractivity contribution in [2.75, 3.05) is 0 Å². The summed E-state index contributed by atoms with van der Waals surface area (Å²) in [6.07, 6.45) is 0.345. The van der Waals surface area contributed by atoms with E-state index in [1.165, 1.54) is 6.07 Å². The topological polar surface area (TPSA) is 28.7 Å². The Balaban J connectivity index is 2.38. The highest BCUT2D eigenvalue weighted by atomic mass is 35.5. The summed E-state index contributed by atoms with van der Waals surface area (Å²) in [7, 11) is 0. The number of halogens is 2. The number of aromatic amines is 1. The van der Waals surface area contributed by atoms with Gasteiger partial charge in [-0.1, -0.05) is 36.0 Å². The van der Waals surface area contributed by atoms with Crippen LogP contribution >= 0.6 is 23.8 Å². The van der Waals surface area contributed by atoms with E-state index in [4.69, 9.17) is 23.8 Å². The van der Waals surface area contributed by atoms with Gasteiger partial charge in [-0.2, -0.15) is 0 Å². The monoisotopic (exact) mass is 268 g/mol. The van der Waals surface area contributed by atoms with Gasteiger partial charge in [-0.05, 0) is 24.6 Å². The second-order valence-corrected chi connectivity index (χ2v) is 4.56. The van der Waals surface area contributed by atoms with Crippen LogP contribution < -0.4 is 0 Å². The van der Waals surface area contributed by atoms with Gasteiger partial charge in [-0.3, -0.25) is 0 Å². The molecule has 0 saturated heterocycles. The molecular weight excluding hydrogens is 259 g/mol. The Morgan fingerprint density at radius 3 is 2.94 bits per heavy atom. The van der Waals surface area contributed by atoms with Crippen LogP contribution in [0.4, 0.5) is 4.39 Å². The second-order valence-electron chi connectivity index (χ2n) is 3.74. The molecule has 1 N–H and O–H groups in total. The molecule has 0 aliphatic rings. The predicted octanol–water partition coefficient (Wildman–Crippen LogP) is 3.83. The van der Waals surface area contributed by atoms with Gasteiger partial charge in [0.05, 0.1) is 5.02 Å². The van der Waals surface area contributed by atoms with Gasteiger partial charge in [0.25, 0.3) is 0 Å². The molecule has 2 rings (SSSR count). The third-order valence-corrected chi connectivity index (χ3v) is 2.82. The van der Waals surface area contributed by atoms with Gasteiger partial charge in [0.2, 0.25) is 0 Å². The molecule has 1 aromatic heterocycles. The van der Waals surface area contributed by atoms with Gasteiger partial charge >= 0.3 is 0 Å². The zero-order chi connectivity index (χ0) is 12.4. The molecule has 0 fully saturated rings. The zero-order valence-electron chi connectivity index (χ0n) is 9.13. The van der Waals surface area contributed by atoms with Crippen molar-refractivity contribution in [2.45, 2.75) is 13.3 Å². The molecule has 2 aromatic rings. The summed E-state index contributed by atoms with van der Waals surface area (Å²) < 4.78 is 14.2. The van der Waals surface area contributed by atoms with Crippen LogP contribution in [0.1, 0.15) is 17.1 Å². The molecule has 0 spiro atoms. The van der Waals surface area contributed by atoms with Crippen LogP contribution in [0, 0.1) is 17.4 Å². The van der Waals surface area contributed by atoms with Crippen molar-refractivity contribution in [1.82, 2.24) is 9.97 Å². The summed E-state index contributed by atoms with van der Waals surface area (Å²) in [5.74, 6) is 0.230. The Morgan fingerprint density at radius 2 is 2.24 bits per heavy atom. The summed E-state index contributed by atoms with van der Waals surface area (Å²) in [4.78, 5) is 7.21. The molecule has 0 aliphatic heterocycles. The quantitative estimate of drug-likeness (QED) is 0.839. The molecule has 5 heteroatoms. The van der Waals surface area contributed by atoms with Crippen LogP contribution in [0.25, 0.3) is 0 Å². The summed E-state index contributed by atoms with van der Waals surface area (Å²) in [5, 5.41) is 0.119. The standard InChI is InChI=1S/C12H10ClFN2S/c1-7-5-11(17)16-10(15-7)6-8-3-2-4-9(13)12(8)14/h2-5H,6H2,1H3,(H,15,16,17). The molecule has 0 saturated carbocycles. The molecule has 0 unspecified atom stereocenters. The lowest BCUT2D eigenvalue weighted by Crippen LogP contribution is -2.00. The zero-order valence-corrected chi connectivity index (χ0v) is 10.7. The van der Waals surface area contributed by atoms with E-state index >= 15 is 0 Å². The van der Waals surface area contributed by atoms with Gasteiger partial charge in [0, 0.05) is 12.1 Å². The average Bonchev–Trinajstić information content (AvgIpc) is 2.23. The number of H-pyrrole nitrogens is 1. The molecule has 0 amide bonds. The van der Waals surface area contributed by atoms with Crippen molar-refractivity contribution >= 4 is 23.8 Å². The number of hydrogen-bond donors (Lipinski definition) is 1. The van der Waals surface area contributed by atoms with Crippen LogP contribution in [0.3, 0.4) is 0 Å². The highest BCUT2D eigenvalue weighted by Crippen LogP contribution is 2.19. The Labute approximate surface area is 108 Å². The fraction of sp³-hybridized carbons (Fsp3) is 0.167. The smallest absolute Gasteiger partial charge is 0.145 e. The minimum absolute atomic E-state index is 0.119. The third-order valence-electron chi connectivity index (χ3n) is 2.32. The van der Waals surface area contributed by atoms with Crippen LogP contribution in [0.15, 0.2) is 24.3 Å². The number of aromatic nitrogens is 2. The van der Waals surface area contributed by atoms with Gasteiger partial charge in [-0.15, -0.1) is 0 Å². The van der Waals surface area contributed by atoms with Crippen LogP contribution in [-0.4, -0.2) is 9.97 Å². The van der Waals surface area contributed by atoms with Crippen molar-refractivity contribution in [3.63, 3.8) is 0 Å². The predicted molar refractivity (Wildman–Crippen MR) is 68.4 cm³/mol. The molecule has 88 valence electrons. The fourth-order valence-corrected chi connectivity index (χ4v) is 2.07. The fourth-order valence-electron chi connectivity index (χ4n) is 1.59. The maximum absolute atomic E-state index is 13.7. The molecule has 1 heterocycles. The van der Waals surface area contributed by atoms with Gasteiger partial charge in [-0.25, -0.2) is 9.37 Å². The Kier molecular flexibility index (Phi) is 3.54. The van der Waals surface area contributed by atoms with Crippen LogP contribution in [-0.2, 0) is 6.42 Å². The molecule has 0 radical (unpaired) electrons. The third kappa shape index (κ3) is 2.90. The van der Waals surface area contributed by atoms with Gasteiger partial charge in [0.1, 0.15) is 16.3 Å². The number of benzene rings is 1. The number of aryl methyl sites for hydroxylation is 1.